The third-order valence-electron chi connectivity index (χ3n) is 2.92. The van der Waals surface area contributed by atoms with Crippen molar-refractivity contribution in [3.63, 3.8) is 0 Å². The number of imidazole rings is 1. The highest BCUT2D eigenvalue weighted by Crippen LogP contribution is 2.25. The van der Waals surface area contributed by atoms with Gasteiger partial charge in [0.1, 0.15) is 11.5 Å². The predicted molar refractivity (Wildman–Crippen MR) is 72.7 cm³/mol. The maximum atomic E-state index is 13.9. The summed E-state index contributed by atoms with van der Waals surface area (Å²) in [4.78, 5) is 6.89. The molecule has 0 aliphatic rings. The van der Waals surface area contributed by atoms with Gasteiger partial charge in [0.15, 0.2) is 22.1 Å². The predicted octanol–water partition coefficient (Wildman–Crippen LogP) is 3.51. The molecule has 0 aliphatic heterocycles. The number of aromatic nitrogens is 3. The van der Waals surface area contributed by atoms with E-state index in [9.17, 15) is 13.2 Å². The Bertz CT molecular complexity index is 880. The van der Waals surface area contributed by atoms with E-state index in [1.807, 2.05) is 0 Å². The molecular formula is C13H8F3N3OS. The van der Waals surface area contributed by atoms with E-state index in [0.29, 0.717) is 17.6 Å². The number of H-pyrrole nitrogens is 1. The number of hydrogen-bond donors (Lipinski definition) is 1. The van der Waals surface area contributed by atoms with Gasteiger partial charge in [0, 0.05) is 18.2 Å². The van der Waals surface area contributed by atoms with E-state index in [1.54, 1.807) is 12.1 Å². The first-order chi connectivity index (χ1) is 10.0. The van der Waals surface area contributed by atoms with Crippen LogP contribution in [0.25, 0.3) is 16.9 Å². The zero-order chi connectivity index (χ0) is 15.1. The molecule has 0 spiro atoms. The lowest BCUT2D eigenvalue weighted by Gasteiger charge is -2.07. The Morgan fingerprint density at radius 2 is 1.86 bits per heavy atom. The lowest BCUT2D eigenvalue weighted by molar-refractivity contribution is 0.399. The van der Waals surface area contributed by atoms with E-state index < -0.39 is 23.1 Å². The summed E-state index contributed by atoms with van der Waals surface area (Å²) < 4.78 is 47.0. The molecule has 2 heterocycles. The Labute approximate surface area is 121 Å². The number of nitrogens with one attached hydrogen (secondary N) is 1. The highest BCUT2D eigenvalue weighted by Gasteiger charge is 2.18. The topological polar surface area (TPSA) is 42.8 Å². The number of fused-ring (bicyclic) bond motifs is 1. The number of hydrogen-bond acceptors (Lipinski definition) is 3. The molecule has 3 rings (SSSR count). The molecule has 0 atom stereocenters. The quantitative estimate of drug-likeness (QED) is 0.737. The van der Waals surface area contributed by atoms with E-state index >= 15 is 0 Å². The molecule has 0 saturated heterocycles. The summed E-state index contributed by atoms with van der Waals surface area (Å²) >= 11 is 5.07. The molecule has 108 valence electrons. The monoisotopic (exact) mass is 311 g/mol. The summed E-state index contributed by atoms with van der Waals surface area (Å²) in [6.07, 6.45) is 0. The van der Waals surface area contributed by atoms with Crippen molar-refractivity contribution in [2.75, 3.05) is 7.11 Å². The minimum Gasteiger partial charge on any atom is -0.481 e. The van der Waals surface area contributed by atoms with Crippen LogP contribution in [0.5, 0.6) is 5.88 Å². The van der Waals surface area contributed by atoms with Crippen LogP contribution in [0.3, 0.4) is 0 Å². The van der Waals surface area contributed by atoms with Gasteiger partial charge in [-0.05, 0) is 18.3 Å². The number of methoxy groups -OCH3 is 1. The maximum absolute atomic E-state index is 13.9. The number of nitrogens with zero attached hydrogens (tertiary/aromatic N) is 2. The van der Waals surface area contributed by atoms with Gasteiger partial charge >= 0.3 is 0 Å². The maximum Gasteiger partial charge on any atom is 0.215 e. The smallest absolute Gasteiger partial charge is 0.215 e. The van der Waals surface area contributed by atoms with Crippen LogP contribution in [0.1, 0.15) is 0 Å². The van der Waals surface area contributed by atoms with Crippen LogP contribution >= 0.6 is 12.2 Å². The van der Waals surface area contributed by atoms with Crippen LogP contribution < -0.4 is 4.74 Å². The molecule has 4 nitrogen and oxygen atoms in total. The summed E-state index contributed by atoms with van der Waals surface area (Å²) in [5.41, 5.74) is 0.168. The second-order valence-electron chi connectivity index (χ2n) is 4.21. The van der Waals surface area contributed by atoms with Crippen LogP contribution in [-0.4, -0.2) is 21.6 Å². The molecule has 1 N–H and O–H groups in total. The van der Waals surface area contributed by atoms with Crippen molar-refractivity contribution in [3.8, 4) is 11.6 Å². The van der Waals surface area contributed by atoms with Crippen LogP contribution in [0.2, 0.25) is 0 Å². The first-order valence-corrected chi connectivity index (χ1v) is 6.23. The van der Waals surface area contributed by atoms with Crippen LogP contribution in [-0.2, 0) is 0 Å². The molecule has 0 saturated carbocycles. The highest BCUT2D eigenvalue weighted by molar-refractivity contribution is 7.71. The first kappa shape index (κ1) is 13.6. The number of rotatable bonds is 2. The van der Waals surface area contributed by atoms with Gasteiger partial charge in [-0.25, -0.2) is 13.2 Å². The molecule has 8 heteroatoms. The lowest BCUT2D eigenvalue weighted by atomic mass is 10.2. The van der Waals surface area contributed by atoms with Gasteiger partial charge in [0.2, 0.25) is 5.88 Å². The number of pyridine rings is 1. The Morgan fingerprint density at radius 1 is 1.19 bits per heavy atom. The third kappa shape index (κ3) is 2.17. The minimum absolute atomic E-state index is 0.0372. The summed E-state index contributed by atoms with van der Waals surface area (Å²) in [6, 6.07) is 4.36. The second kappa shape index (κ2) is 4.88. The zero-order valence-corrected chi connectivity index (χ0v) is 11.5. The fourth-order valence-corrected chi connectivity index (χ4v) is 2.32. The average Bonchev–Trinajstić information content (AvgIpc) is 2.73. The highest BCUT2D eigenvalue weighted by atomic mass is 32.1. The average molecular weight is 311 g/mol. The molecule has 0 amide bonds. The molecule has 0 bridgehead atoms. The summed E-state index contributed by atoms with van der Waals surface area (Å²) in [5, 5.41) is 0. The Hall–Kier alpha value is -2.35. The van der Waals surface area contributed by atoms with Gasteiger partial charge in [0.25, 0.3) is 0 Å². The zero-order valence-electron chi connectivity index (χ0n) is 10.7. The number of ether oxygens (including phenoxy) is 1. The Balaban J connectivity index is 2.40. The van der Waals surface area contributed by atoms with Crippen molar-refractivity contribution in [3.05, 3.63) is 46.5 Å². The number of halogens is 3. The molecule has 0 unspecified atom stereocenters. The van der Waals surface area contributed by atoms with Crippen molar-refractivity contribution in [2.24, 2.45) is 0 Å². The van der Waals surface area contributed by atoms with Crippen molar-refractivity contribution in [2.45, 2.75) is 0 Å². The molecule has 2 aromatic heterocycles. The minimum atomic E-state index is -1.07. The molecular weight excluding hydrogens is 303 g/mol. The van der Waals surface area contributed by atoms with Gasteiger partial charge < -0.3 is 9.72 Å². The largest absolute Gasteiger partial charge is 0.481 e. The molecule has 21 heavy (non-hydrogen) atoms. The van der Waals surface area contributed by atoms with Crippen molar-refractivity contribution in [1.82, 2.24) is 14.5 Å². The van der Waals surface area contributed by atoms with E-state index in [2.05, 4.69) is 9.97 Å². The first-order valence-electron chi connectivity index (χ1n) is 5.82. The molecule has 0 aliphatic carbocycles. The standard InChI is InChI=1S/C13H8F3N3OS/c1-20-10-3-2-9-12(18-10)19(13(21)17-9)11-7(15)4-6(14)5-8(11)16/h2-5H,1H3,(H,17,21). The van der Waals surface area contributed by atoms with Crippen molar-refractivity contribution in [1.29, 1.82) is 0 Å². The normalized spacial score (nSPS) is 11.0. The van der Waals surface area contributed by atoms with E-state index in [1.165, 1.54) is 7.11 Å². The molecule has 1 aromatic carbocycles. The van der Waals surface area contributed by atoms with E-state index in [-0.39, 0.29) is 16.3 Å². The Morgan fingerprint density at radius 3 is 2.48 bits per heavy atom. The molecule has 3 aromatic rings. The number of benzene rings is 1. The lowest BCUT2D eigenvalue weighted by Crippen LogP contribution is -2.04. The Kier molecular flexibility index (Phi) is 3.17. The molecule has 0 radical (unpaired) electrons. The third-order valence-corrected chi connectivity index (χ3v) is 3.21. The summed E-state index contributed by atoms with van der Waals surface area (Å²) in [7, 11) is 1.42. The van der Waals surface area contributed by atoms with E-state index in [4.69, 9.17) is 17.0 Å². The fourth-order valence-electron chi connectivity index (χ4n) is 2.04. The van der Waals surface area contributed by atoms with Gasteiger partial charge in [-0.3, -0.25) is 4.57 Å². The van der Waals surface area contributed by atoms with Crippen molar-refractivity contribution < 1.29 is 17.9 Å². The van der Waals surface area contributed by atoms with E-state index in [0.717, 1.165) is 4.57 Å². The van der Waals surface area contributed by atoms with Gasteiger partial charge in [-0.2, -0.15) is 4.98 Å². The van der Waals surface area contributed by atoms with Gasteiger partial charge in [0.05, 0.1) is 12.6 Å². The summed E-state index contributed by atoms with van der Waals surface area (Å²) in [6.45, 7) is 0. The number of aromatic amines is 1. The second-order valence-corrected chi connectivity index (χ2v) is 4.60. The van der Waals surface area contributed by atoms with Crippen LogP contribution in [0.15, 0.2) is 24.3 Å². The molecule has 0 fully saturated rings. The summed E-state index contributed by atoms with van der Waals surface area (Å²) in [5.74, 6) is -2.90. The van der Waals surface area contributed by atoms with Gasteiger partial charge in [-0.1, -0.05) is 0 Å². The SMILES string of the molecule is COc1ccc2[nH]c(=S)n(-c3c(F)cc(F)cc3F)c2n1. The van der Waals surface area contributed by atoms with Crippen LogP contribution in [0.4, 0.5) is 13.2 Å². The van der Waals surface area contributed by atoms with Crippen LogP contribution in [0, 0.1) is 22.2 Å². The van der Waals surface area contributed by atoms with Gasteiger partial charge in [-0.15, -0.1) is 0 Å². The fraction of sp³-hybridized carbons (Fsp3) is 0.0769. The van der Waals surface area contributed by atoms with Crippen molar-refractivity contribution >= 4 is 23.4 Å².